The summed E-state index contributed by atoms with van der Waals surface area (Å²) in [5.74, 6) is 0.605. The van der Waals surface area contributed by atoms with Crippen LogP contribution in [0.4, 0.5) is 0 Å². The van der Waals surface area contributed by atoms with Gasteiger partial charge in [-0.05, 0) is 19.4 Å². The van der Waals surface area contributed by atoms with Crippen LogP contribution in [0, 0.1) is 6.92 Å². The minimum absolute atomic E-state index is 0.605. The summed E-state index contributed by atoms with van der Waals surface area (Å²) in [5.41, 5.74) is 1.07. The Morgan fingerprint density at radius 3 is 3.00 bits per heavy atom. The first-order valence-corrected chi connectivity index (χ1v) is 5.92. The Bertz CT molecular complexity index is 466. The van der Waals surface area contributed by atoms with Crippen LogP contribution in [0.2, 0.25) is 0 Å². The smallest absolute Gasteiger partial charge is 0.483 e. The topological polar surface area (TPSA) is 39.9 Å². The Balaban J connectivity index is 2.43. The number of hydrogen-bond acceptors (Lipinski definition) is 4. The molecule has 0 aromatic carbocycles. The van der Waals surface area contributed by atoms with Gasteiger partial charge in [-0.15, -0.1) is 0 Å². The molecule has 0 fully saturated rings. The van der Waals surface area contributed by atoms with Crippen molar-refractivity contribution in [2.24, 2.45) is 0 Å². The van der Waals surface area contributed by atoms with E-state index in [1.54, 1.807) is 11.3 Å². The third-order valence-corrected chi connectivity index (χ3v) is 3.18. The van der Waals surface area contributed by atoms with Gasteiger partial charge < -0.3 is 3.79 Å². The number of rotatable bonds is 3. The van der Waals surface area contributed by atoms with Crippen molar-refractivity contribution in [3.05, 3.63) is 23.0 Å². The van der Waals surface area contributed by atoms with Crippen molar-refractivity contribution in [1.29, 1.82) is 0 Å². The van der Waals surface area contributed by atoms with Crippen molar-refractivity contribution in [2.45, 2.75) is 20.3 Å². The molecule has 0 unspecified atom stereocenters. The van der Waals surface area contributed by atoms with Gasteiger partial charge in [-0.2, -0.15) is 5.10 Å². The molecule has 0 saturated heterocycles. The van der Waals surface area contributed by atoms with Crippen LogP contribution < -0.4 is 3.79 Å². The molecule has 2 radical (unpaired) electrons. The lowest BCUT2D eigenvalue weighted by Gasteiger charge is -2.01. The molecule has 2 aromatic rings. The molecule has 4 nitrogen and oxygen atoms in total. The zero-order chi connectivity index (χ0) is 10.8. The maximum absolute atomic E-state index is 5.12. The first kappa shape index (κ1) is 10.7. The molecule has 0 aliphatic rings. The molecular formula is C9H10AlN3OS. The lowest BCUT2D eigenvalue weighted by molar-refractivity contribution is 0.583. The van der Waals surface area contributed by atoms with Gasteiger partial charge in [0.1, 0.15) is 0 Å². The molecule has 0 aliphatic heterocycles. The molecule has 0 saturated carbocycles. The minimum Gasteiger partial charge on any atom is -0.638 e. The van der Waals surface area contributed by atoms with Gasteiger partial charge in [0.2, 0.25) is 5.88 Å². The molecule has 0 atom stereocenters. The largest absolute Gasteiger partial charge is 0.638 e. The third-order valence-electron chi connectivity index (χ3n) is 2.01. The van der Waals surface area contributed by atoms with E-state index in [1.807, 2.05) is 23.9 Å². The van der Waals surface area contributed by atoms with E-state index in [0.29, 0.717) is 5.88 Å². The fraction of sp³-hybridized carbons (Fsp3) is 0.333. The maximum Gasteiger partial charge on any atom is 0.483 e. The van der Waals surface area contributed by atoms with Crippen LogP contribution in [0.15, 0.2) is 12.3 Å². The first-order valence-electron chi connectivity index (χ1n) is 4.63. The van der Waals surface area contributed by atoms with E-state index < -0.39 is 0 Å². The summed E-state index contributed by atoms with van der Waals surface area (Å²) in [7, 11) is 0. The van der Waals surface area contributed by atoms with Gasteiger partial charge in [0, 0.05) is 6.20 Å². The highest BCUT2D eigenvalue weighted by molar-refractivity contribution is 7.14. The Morgan fingerprint density at radius 2 is 2.40 bits per heavy atom. The number of hydrogen-bond donors (Lipinski definition) is 0. The van der Waals surface area contributed by atoms with Gasteiger partial charge in [-0.3, -0.25) is 0 Å². The van der Waals surface area contributed by atoms with Crippen LogP contribution in [0.5, 0.6) is 5.88 Å². The van der Waals surface area contributed by atoms with Crippen molar-refractivity contribution < 1.29 is 3.79 Å². The number of nitrogens with zero attached hydrogens (tertiary/aromatic N) is 3. The van der Waals surface area contributed by atoms with Crippen molar-refractivity contribution in [2.75, 3.05) is 0 Å². The molecule has 6 heteroatoms. The first-order chi connectivity index (χ1) is 7.24. The minimum atomic E-state index is 0.605. The molecule has 0 bridgehead atoms. The van der Waals surface area contributed by atoms with Crippen LogP contribution in [0.3, 0.4) is 0 Å². The van der Waals surface area contributed by atoms with Gasteiger partial charge in [0.25, 0.3) is 0 Å². The summed E-state index contributed by atoms with van der Waals surface area (Å²) in [6, 6.07) is 2.00. The summed E-state index contributed by atoms with van der Waals surface area (Å²) >= 11 is 3.78. The van der Waals surface area contributed by atoms with Crippen molar-refractivity contribution >= 4 is 28.0 Å². The van der Waals surface area contributed by atoms with Crippen molar-refractivity contribution in [3.8, 4) is 10.9 Å². The third kappa shape index (κ3) is 2.07. The fourth-order valence-electron chi connectivity index (χ4n) is 1.28. The Morgan fingerprint density at radius 1 is 1.60 bits per heavy atom. The molecule has 2 rings (SSSR count). The van der Waals surface area contributed by atoms with Crippen LogP contribution in [-0.4, -0.2) is 31.4 Å². The molecule has 0 spiro atoms. The van der Waals surface area contributed by atoms with E-state index in [9.17, 15) is 0 Å². The maximum atomic E-state index is 5.12. The average molecular weight is 235 g/mol. The molecule has 0 amide bonds. The molecular weight excluding hydrogens is 225 g/mol. The summed E-state index contributed by atoms with van der Waals surface area (Å²) in [6.07, 6.45) is 2.86. The van der Waals surface area contributed by atoms with E-state index in [2.05, 4.69) is 33.6 Å². The predicted octanol–water partition coefficient (Wildman–Crippen LogP) is 1.66. The van der Waals surface area contributed by atoms with E-state index in [4.69, 9.17) is 3.79 Å². The fourth-order valence-corrected chi connectivity index (χ4v) is 2.32. The van der Waals surface area contributed by atoms with E-state index in [1.165, 1.54) is 0 Å². The SMILES string of the molecule is CCc1ccn(-c2sc(C)nc2[O][Al])n1. The molecule has 76 valence electrons. The zero-order valence-electron chi connectivity index (χ0n) is 8.60. The Hall–Kier alpha value is -0.828. The quantitative estimate of drug-likeness (QED) is 0.760. The van der Waals surface area contributed by atoms with Gasteiger partial charge in [-0.25, -0.2) is 9.67 Å². The standard InChI is InChI=1S/C9H11N3OS.Al/c1-3-7-4-5-12(11-7)9-8(13)10-6(2)14-9;/h4-5,13H,3H2,1-2H3;/q;+1/p-1. The van der Waals surface area contributed by atoms with Gasteiger partial charge in [-0.1, -0.05) is 18.3 Å². The summed E-state index contributed by atoms with van der Waals surface area (Å²) in [6.45, 7) is 4.03. The monoisotopic (exact) mass is 235 g/mol. The number of thiazole rings is 1. The zero-order valence-corrected chi connectivity index (χ0v) is 10.6. The lowest BCUT2D eigenvalue weighted by Crippen LogP contribution is -1.97. The Kier molecular flexibility index (Phi) is 3.10. The van der Waals surface area contributed by atoms with Crippen molar-refractivity contribution in [3.63, 3.8) is 0 Å². The molecule has 0 aliphatic carbocycles. The molecule has 2 aromatic heterocycles. The highest BCUT2D eigenvalue weighted by Crippen LogP contribution is 2.28. The second-order valence-electron chi connectivity index (χ2n) is 3.07. The van der Waals surface area contributed by atoms with Crippen LogP contribution in [0.1, 0.15) is 17.6 Å². The van der Waals surface area contributed by atoms with Crippen molar-refractivity contribution in [1.82, 2.24) is 14.8 Å². The van der Waals surface area contributed by atoms with Crippen LogP contribution in [-0.2, 0) is 6.42 Å². The van der Waals surface area contributed by atoms with Gasteiger partial charge in [0.05, 0.1) is 10.7 Å². The normalized spacial score (nSPS) is 10.5. The van der Waals surface area contributed by atoms with Crippen LogP contribution >= 0.6 is 11.3 Å². The van der Waals surface area contributed by atoms with E-state index in [-0.39, 0.29) is 0 Å². The number of aryl methyl sites for hydroxylation is 2. The second-order valence-corrected chi connectivity index (χ2v) is 4.48. The number of aromatic nitrogens is 3. The molecule has 15 heavy (non-hydrogen) atoms. The summed E-state index contributed by atoms with van der Waals surface area (Å²) in [5, 5.41) is 6.31. The molecule has 2 heterocycles. The van der Waals surface area contributed by atoms with Gasteiger partial charge in [0.15, 0.2) is 5.00 Å². The van der Waals surface area contributed by atoms with Gasteiger partial charge >= 0.3 is 16.6 Å². The summed E-state index contributed by atoms with van der Waals surface area (Å²) in [4.78, 5) is 4.26. The highest BCUT2D eigenvalue weighted by Gasteiger charge is 2.11. The lowest BCUT2D eigenvalue weighted by atomic mass is 10.4. The second kappa shape index (κ2) is 4.35. The molecule has 0 N–H and O–H groups in total. The Labute approximate surface area is 101 Å². The highest BCUT2D eigenvalue weighted by atomic mass is 32.1. The average Bonchev–Trinajstić information content (AvgIpc) is 2.82. The summed E-state index contributed by atoms with van der Waals surface area (Å²) < 4.78 is 6.93. The van der Waals surface area contributed by atoms with E-state index in [0.717, 1.165) is 22.1 Å². The van der Waals surface area contributed by atoms with E-state index >= 15 is 0 Å². The van der Waals surface area contributed by atoms with Crippen LogP contribution in [0.25, 0.3) is 5.00 Å². The predicted molar refractivity (Wildman–Crippen MR) is 59.7 cm³/mol.